The molecule has 0 atom stereocenters. The number of halogens is 1. The normalized spacial score (nSPS) is 10.8. The van der Waals surface area contributed by atoms with Crippen LogP contribution in [0.3, 0.4) is 0 Å². The van der Waals surface area contributed by atoms with Crippen molar-refractivity contribution < 1.29 is 14.3 Å². The molecule has 2 heterocycles. The molecule has 0 spiro atoms. The van der Waals surface area contributed by atoms with Crippen LogP contribution in [-0.4, -0.2) is 30.1 Å². The topological polar surface area (TPSA) is 64.6 Å². The highest BCUT2D eigenvalue weighted by molar-refractivity contribution is 7.22. The van der Waals surface area contributed by atoms with Gasteiger partial charge in [0.15, 0.2) is 5.13 Å². The SMILES string of the molecule is COc1ccc(OC)c(C(=O)N(Cc2ccccn2)c2nc3c(C)c(Cl)ccc3s2)c1. The molecular weight excluding hydrogens is 434 g/mol. The van der Waals surface area contributed by atoms with E-state index in [-0.39, 0.29) is 12.5 Å². The van der Waals surface area contributed by atoms with Gasteiger partial charge in [-0.2, -0.15) is 0 Å². The Morgan fingerprint density at radius 2 is 1.97 bits per heavy atom. The van der Waals surface area contributed by atoms with E-state index in [1.165, 1.54) is 18.4 Å². The first-order chi connectivity index (χ1) is 15.0. The number of hydrogen-bond donors (Lipinski definition) is 0. The monoisotopic (exact) mass is 453 g/mol. The number of thiazole rings is 1. The summed E-state index contributed by atoms with van der Waals surface area (Å²) in [7, 11) is 3.09. The van der Waals surface area contributed by atoms with Crippen molar-refractivity contribution in [1.82, 2.24) is 9.97 Å². The van der Waals surface area contributed by atoms with E-state index in [4.69, 9.17) is 26.1 Å². The minimum Gasteiger partial charge on any atom is -0.497 e. The molecule has 0 fully saturated rings. The van der Waals surface area contributed by atoms with E-state index in [0.717, 1.165) is 21.5 Å². The van der Waals surface area contributed by atoms with Gasteiger partial charge in [0.2, 0.25) is 0 Å². The van der Waals surface area contributed by atoms with Gasteiger partial charge in [-0.15, -0.1) is 0 Å². The summed E-state index contributed by atoms with van der Waals surface area (Å²) in [5.41, 5.74) is 2.79. The highest BCUT2D eigenvalue weighted by atomic mass is 35.5. The number of aromatic nitrogens is 2. The summed E-state index contributed by atoms with van der Waals surface area (Å²) in [6.07, 6.45) is 1.70. The molecule has 2 aromatic heterocycles. The Morgan fingerprint density at radius 3 is 2.68 bits per heavy atom. The van der Waals surface area contributed by atoms with Crippen LogP contribution in [0.5, 0.6) is 11.5 Å². The van der Waals surface area contributed by atoms with Crippen molar-refractivity contribution in [2.45, 2.75) is 13.5 Å². The van der Waals surface area contributed by atoms with Crippen LogP contribution in [0.4, 0.5) is 5.13 Å². The average Bonchev–Trinajstić information content (AvgIpc) is 3.24. The van der Waals surface area contributed by atoms with Gasteiger partial charge in [-0.1, -0.05) is 29.0 Å². The maximum atomic E-state index is 13.7. The Balaban J connectivity index is 1.84. The molecule has 0 radical (unpaired) electrons. The number of ether oxygens (including phenoxy) is 2. The lowest BCUT2D eigenvalue weighted by Gasteiger charge is -2.21. The fourth-order valence-corrected chi connectivity index (χ4v) is 4.39. The molecule has 0 saturated heterocycles. The van der Waals surface area contributed by atoms with Gasteiger partial charge in [0.25, 0.3) is 5.91 Å². The van der Waals surface area contributed by atoms with Crippen molar-refractivity contribution in [1.29, 1.82) is 0 Å². The Hall–Kier alpha value is -3.16. The van der Waals surface area contributed by atoms with Gasteiger partial charge in [-0.3, -0.25) is 14.7 Å². The second kappa shape index (κ2) is 8.91. The van der Waals surface area contributed by atoms with Crippen molar-refractivity contribution >= 4 is 44.2 Å². The number of carbonyl (C=O) groups excluding carboxylic acids is 1. The largest absolute Gasteiger partial charge is 0.497 e. The van der Waals surface area contributed by atoms with Crippen molar-refractivity contribution in [3.8, 4) is 11.5 Å². The van der Waals surface area contributed by atoms with Crippen LogP contribution >= 0.6 is 22.9 Å². The molecule has 0 aliphatic heterocycles. The van der Waals surface area contributed by atoms with E-state index in [9.17, 15) is 4.79 Å². The van der Waals surface area contributed by atoms with E-state index < -0.39 is 0 Å². The van der Waals surface area contributed by atoms with Crippen molar-refractivity contribution in [2.24, 2.45) is 0 Å². The highest BCUT2D eigenvalue weighted by Crippen LogP contribution is 2.36. The van der Waals surface area contributed by atoms with Crippen LogP contribution in [-0.2, 0) is 6.54 Å². The van der Waals surface area contributed by atoms with Gasteiger partial charge in [-0.05, 0) is 55.0 Å². The summed E-state index contributed by atoms with van der Waals surface area (Å²) in [6, 6.07) is 14.5. The molecular formula is C23H20ClN3O3S. The number of rotatable bonds is 6. The third-order valence-electron chi connectivity index (χ3n) is 4.90. The molecule has 6 nitrogen and oxygen atoms in total. The number of amides is 1. The van der Waals surface area contributed by atoms with E-state index in [1.54, 1.807) is 36.4 Å². The smallest absolute Gasteiger partial charge is 0.264 e. The molecule has 0 aliphatic carbocycles. The number of fused-ring (bicyclic) bond motifs is 1. The number of anilines is 1. The fourth-order valence-electron chi connectivity index (χ4n) is 3.21. The Labute approximate surface area is 189 Å². The number of pyridine rings is 1. The van der Waals surface area contributed by atoms with Crippen LogP contribution in [0, 0.1) is 6.92 Å². The Bertz CT molecular complexity index is 1240. The Morgan fingerprint density at radius 1 is 1.13 bits per heavy atom. The summed E-state index contributed by atoms with van der Waals surface area (Å²) in [6.45, 7) is 2.18. The molecule has 4 rings (SSSR count). The molecule has 0 aliphatic rings. The zero-order valence-corrected chi connectivity index (χ0v) is 18.8. The van der Waals surface area contributed by atoms with Gasteiger partial charge in [0.05, 0.1) is 42.2 Å². The average molecular weight is 454 g/mol. The zero-order chi connectivity index (χ0) is 22.0. The molecule has 0 saturated carbocycles. The van der Waals surface area contributed by atoms with Gasteiger partial charge in [-0.25, -0.2) is 4.98 Å². The lowest BCUT2D eigenvalue weighted by atomic mass is 10.1. The van der Waals surface area contributed by atoms with E-state index >= 15 is 0 Å². The second-order valence-corrected chi connectivity index (χ2v) is 8.21. The standard InChI is InChI=1S/C23H20ClN3O3S/c1-14-18(24)8-10-20-21(14)26-23(31-20)27(13-15-6-4-5-11-25-15)22(28)17-12-16(29-2)7-9-19(17)30-3/h4-12H,13H2,1-3H3. The van der Waals surface area contributed by atoms with Crippen molar-refractivity contribution in [3.63, 3.8) is 0 Å². The maximum Gasteiger partial charge on any atom is 0.264 e. The molecule has 158 valence electrons. The first-order valence-electron chi connectivity index (χ1n) is 9.51. The molecule has 2 aromatic carbocycles. The van der Waals surface area contributed by atoms with Gasteiger partial charge < -0.3 is 9.47 Å². The summed E-state index contributed by atoms with van der Waals surface area (Å²) >= 11 is 7.71. The van der Waals surface area contributed by atoms with Crippen LogP contribution in [0.25, 0.3) is 10.2 Å². The quantitative estimate of drug-likeness (QED) is 0.384. The van der Waals surface area contributed by atoms with Crippen LogP contribution in [0.15, 0.2) is 54.7 Å². The van der Waals surface area contributed by atoms with E-state index in [1.807, 2.05) is 37.3 Å². The van der Waals surface area contributed by atoms with E-state index in [2.05, 4.69) is 4.98 Å². The number of methoxy groups -OCH3 is 2. The lowest BCUT2D eigenvalue weighted by Crippen LogP contribution is -2.31. The third-order valence-corrected chi connectivity index (χ3v) is 6.35. The zero-order valence-electron chi connectivity index (χ0n) is 17.3. The predicted octanol–water partition coefficient (Wildman–Crippen LogP) is 5.52. The van der Waals surface area contributed by atoms with Crippen LogP contribution in [0.2, 0.25) is 5.02 Å². The Kier molecular flexibility index (Phi) is 6.06. The third kappa shape index (κ3) is 4.19. The van der Waals surface area contributed by atoms with Gasteiger partial charge in [0, 0.05) is 11.2 Å². The fraction of sp³-hybridized carbons (Fsp3) is 0.174. The summed E-state index contributed by atoms with van der Waals surface area (Å²) in [5, 5.41) is 1.20. The summed E-state index contributed by atoms with van der Waals surface area (Å²) < 4.78 is 11.7. The summed E-state index contributed by atoms with van der Waals surface area (Å²) in [4.78, 5) is 24.5. The van der Waals surface area contributed by atoms with Gasteiger partial charge in [0.1, 0.15) is 11.5 Å². The molecule has 0 bridgehead atoms. The lowest BCUT2D eigenvalue weighted by molar-refractivity contribution is 0.0981. The first kappa shape index (κ1) is 21.1. The minimum absolute atomic E-state index is 0.257. The van der Waals surface area contributed by atoms with Crippen LogP contribution in [0.1, 0.15) is 21.6 Å². The molecule has 4 aromatic rings. The van der Waals surface area contributed by atoms with Gasteiger partial charge >= 0.3 is 0 Å². The van der Waals surface area contributed by atoms with E-state index in [0.29, 0.717) is 27.2 Å². The minimum atomic E-state index is -0.260. The number of aryl methyl sites for hydroxylation is 1. The molecule has 8 heteroatoms. The van der Waals surface area contributed by atoms with Crippen molar-refractivity contribution in [2.75, 3.05) is 19.1 Å². The number of nitrogens with zero attached hydrogens (tertiary/aromatic N) is 3. The number of benzene rings is 2. The predicted molar refractivity (Wildman–Crippen MR) is 124 cm³/mol. The summed E-state index contributed by atoms with van der Waals surface area (Å²) in [5.74, 6) is 0.759. The highest BCUT2D eigenvalue weighted by Gasteiger charge is 2.26. The number of carbonyl (C=O) groups is 1. The molecule has 31 heavy (non-hydrogen) atoms. The van der Waals surface area contributed by atoms with Crippen LogP contribution < -0.4 is 14.4 Å². The first-order valence-corrected chi connectivity index (χ1v) is 10.7. The second-order valence-electron chi connectivity index (χ2n) is 6.79. The van der Waals surface area contributed by atoms with Crippen molar-refractivity contribution in [3.05, 3.63) is 76.6 Å². The molecule has 0 N–H and O–H groups in total. The maximum absolute atomic E-state index is 13.7. The molecule has 1 amide bonds. The number of hydrogen-bond acceptors (Lipinski definition) is 6. The molecule has 0 unspecified atom stereocenters.